The van der Waals surface area contributed by atoms with Crippen LogP contribution in [0.1, 0.15) is 22.1 Å². The van der Waals surface area contributed by atoms with Gasteiger partial charge in [0.1, 0.15) is 6.04 Å². The Balaban J connectivity index is 0. The zero-order chi connectivity index (χ0) is 8.36. The molecule has 0 aromatic carbocycles. The third-order valence-corrected chi connectivity index (χ3v) is 0.677. The van der Waals surface area contributed by atoms with Crippen LogP contribution in [0.2, 0.25) is 0 Å². The molecule has 3 nitrogen and oxygen atoms in total. The summed E-state index contributed by atoms with van der Waals surface area (Å²) in [7, 11) is 0. The largest absolute Gasteiger partial charge is 0.462 e. The smallest absolute Gasteiger partial charge is 0.322 e. The van der Waals surface area contributed by atoms with E-state index in [1.54, 1.807) is 0 Å². The lowest BCUT2D eigenvalue weighted by molar-refractivity contribution is -0.148. The molecule has 4 heteroatoms. The molecule has 0 aliphatic carbocycles. The van der Waals surface area contributed by atoms with E-state index in [9.17, 15) is 4.79 Å². The van der Waals surface area contributed by atoms with Gasteiger partial charge in [0.15, 0.2) is 0 Å². The number of ether oxygens (including phenoxy) is 1. The highest BCUT2D eigenvalue weighted by Crippen LogP contribution is 1.90. The van der Waals surface area contributed by atoms with Gasteiger partial charge in [0, 0.05) is 0 Å². The molecule has 0 aromatic rings. The van der Waals surface area contributed by atoms with Crippen LogP contribution in [0.15, 0.2) is 0 Å². The average molecular weight is 169 g/mol. The Morgan fingerprint density at radius 3 is 2.10 bits per heavy atom. The van der Waals surface area contributed by atoms with Crippen molar-refractivity contribution >= 4 is 18.4 Å². The number of carbonyl (C=O) groups excluding carboxylic acids is 1. The molecule has 0 radical (unpaired) electrons. The van der Waals surface area contributed by atoms with E-state index in [0.29, 0.717) is 0 Å². The molecule has 0 saturated carbocycles. The van der Waals surface area contributed by atoms with Gasteiger partial charge in [-0.2, -0.15) is 0 Å². The lowest BCUT2D eigenvalue weighted by atomic mass is 10.4. The minimum absolute atomic E-state index is 0. The van der Waals surface area contributed by atoms with Gasteiger partial charge in [-0.1, -0.05) is 0 Å². The second-order valence-electron chi connectivity index (χ2n) is 2.12. The molecule has 0 unspecified atom stereocenters. The van der Waals surface area contributed by atoms with Crippen LogP contribution in [-0.4, -0.2) is 18.1 Å². The summed E-state index contributed by atoms with van der Waals surface area (Å²) >= 11 is 0. The minimum Gasteiger partial charge on any atom is -0.462 e. The van der Waals surface area contributed by atoms with Crippen molar-refractivity contribution in [1.82, 2.24) is 0 Å². The summed E-state index contributed by atoms with van der Waals surface area (Å²) in [5, 5.41) is 0. The first kappa shape index (κ1) is 9.72. The predicted octanol–water partition coefficient (Wildman–Crippen LogP) is 0.707. The van der Waals surface area contributed by atoms with Gasteiger partial charge in [-0.15, -0.1) is 12.4 Å². The summed E-state index contributed by atoms with van der Waals surface area (Å²) < 4.78 is 11.8. The second-order valence-corrected chi connectivity index (χ2v) is 2.12. The summed E-state index contributed by atoms with van der Waals surface area (Å²) in [6.07, 6.45) is -1.18. The van der Waals surface area contributed by atoms with E-state index in [4.69, 9.17) is 7.10 Å². The number of halogens is 1. The standard InChI is InChI=1S/C6H13NO2.ClH/c1-4(2)9-6(8)5(3)7;/h4-5H,7H2,1-3H3;1H/t5-;/m1./s1/i4D;. The van der Waals surface area contributed by atoms with Gasteiger partial charge >= 0.3 is 5.97 Å². The predicted molar refractivity (Wildman–Crippen MR) is 42.1 cm³/mol. The number of hydrogen-bond donors (Lipinski definition) is 1. The maximum absolute atomic E-state index is 10.7. The molecule has 10 heavy (non-hydrogen) atoms. The van der Waals surface area contributed by atoms with Crippen molar-refractivity contribution in [1.29, 1.82) is 0 Å². The zero-order valence-corrected chi connectivity index (χ0v) is 7.20. The third-order valence-electron chi connectivity index (χ3n) is 0.677. The first-order chi connectivity index (χ1) is 4.33. The van der Waals surface area contributed by atoms with Crippen molar-refractivity contribution in [3.63, 3.8) is 0 Å². The molecular formula is C6H14ClNO2. The van der Waals surface area contributed by atoms with Crippen LogP contribution in [0.5, 0.6) is 0 Å². The number of rotatable bonds is 2. The van der Waals surface area contributed by atoms with E-state index in [1.807, 2.05) is 0 Å². The van der Waals surface area contributed by atoms with E-state index in [2.05, 4.69) is 4.74 Å². The summed E-state index contributed by atoms with van der Waals surface area (Å²) in [6.45, 7) is 4.48. The van der Waals surface area contributed by atoms with Gasteiger partial charge in [0.05, 0.1) is 7.45 Å². The Morgan fingerprint density at radius 2 is 2.00 bits per heavy atom. The number of hydrogen-bond acceptors (Lipinski definition) is 3. The fourth-order valence-electron chi connectivity index (χ4n) is 0.294. The molecule has 0 saturated heterocycles. The number of carbonyl (C=O) groups is 1. The molecule has 0 aliphatic rings. The lowest BCUT2D eigenvalue weighted by Crippen LogP contribution is -2.30. The molecule has 0 spiro atoms. The van der Waals surface area contributed by atoms with Crippen LogP contribution >= 0.6 is 12.4 Å². The monoisotopic (exact) mass is 168 g/mol. The summed E-state index contributed by atoms with van der Waals surface area (Å²) in [6, 6.07) is -0.648. The Bertz CT molecular complexity index is 133. The Hall–Kier alpha value is -0.280. The van der Waals surface area contributed by atoms with Crippen molar-refractivity contribution in [3.8, 4) is 0 Å². The maximum Gasteiger partial charge on any atom is 0.322 e. The summed E-state index contributed by atoms with van der Waals surface area (Å²) in [4.78, 5) is 10.7. The van der Waals surface area contributed by atoms with Crippen LogP contribution in [0, 0.1) is 0 Å². The van der Waals surface area contributed by atoms with E-state index in [0.717, 1.165) is 0 Å². The van der Waals surface area contributed by atoms with E-state index in [1.165, 1.54) is 20.8 Å². The van der Waals surface area contributed by atoms with Gasteiger partial charge < -0.3 is 10.5 Å². The molecule has 1 atom stereocenters. The zero-order valence-electron chi connectivity index (χ0n) is 7.38. The molecule has 0 fully saturated rings. The summed E-state index contributed by atoms with van der Waals surface area (Å²) in [5.74, 6) is -0.542. The first-order valence-corrected chi connectivity index (χ1v) is 2.81. The number of nitrogens with two attached hydrogens (primary N) is 1. The highest BCUT2D eigenvalue weighted by atomic mass is 35.5. The molecular weight excluding hydrogens is 154 g/mol. The van der Waals surface area contributed by atoms with Crippen molar-refractivity contribution in [3.05, 3.63) is 0 Å². The van der Waals surface area contributed by atoms with Crippen molar-refractivity contribution in [2.45, 2.75) is 32.9 Å². The van der Waals surface area contributed by atoms with E-state index >= 15 is 0 Å². The normalized spacial score (nSPS) is 14.6. The maximum atomic E-state index is 10.7. The van der Waals surface area contributed by atoms with Crippen LogP contribution in [-0.2, 0) is 9.53 Å². The van der Waals surface area contributed by atoms with Crippen LogP contribution in [0.3, 0.4) is 0 Å². The Labute approximate surface area is 68.7 Å². The fraction of sp³-hybridized carbons (Fsp3) is 0.833. The van der Waals surface area contributed by atoms with Gasteiger partial charge in [-0.3, -0.25) is 4.79 Å². The quantitative estimate of drug-likeness (QED) is 0.618. The molecule has 0 rings (SSSR count). The van der Waals surface area contributed by atoms with Gasteiger partial charge in [0.2, 0.25) is 0 Å². The van der Waals surface area contributed by atoms with E-state index in [-0.39, 0.29) is 12.4 Å². The number of esters is 1. The molecule has 0 aliphatic heterocycles. The topological polar surface area (TPSA) is 52.3 Å². The fourth-order valence-corrected chi connectivity index (χ4v) is 0.294. The second kappa shape index (κ2) is 5.50. The molecule has 0 amide bonds. The van der Waals surface area contributed by atoms with Crippen molar-refractivity contribution in [2.75, 3.05) is 0 Å². The van der Waals surface area contributed by atoms with Crippen molar-refractivity contribution < 1.29 is 10.9 Å². The molecule has 62 valence electrons. The molecule has 0 bridgehead atoms. The van der Waals surface area contributed by atoms with Crippen molar-refractivity contribution in [2.24, 2.45) is 5.73 Å². The van der Waals surface area contributed by atoms with Gasteiger partial charge in [-0.05, 0) is 20.8 Å². The van der Waals surface area contributed by atoms with Crippen LogP contribution < -0.4 is 5.73 Å². The minimum atomic E-state index is -1.18. The SMILES string of the molecule is Cl.[2H]C(C)(C)OC(=O)[C@@H](C)N. The summed E-state index contributed by atoms with van der Waals surface area (Å²) in [5.41, 5.74) is 5.19. The van der Waals surface area contributed by atoms with Gasteiger partial charge in [-0.25, -0.2) is 0 Å². The van der Waals surface area contributed by atoms with E-state index < -0.39 is 18.1 Å². The Kier molecular flexibility index (Phi) is 5.35. The molecule has 0 aromatic heterocycles. The van der Waals surface area contributed by atoms with Crippen LogP contribution in [0.25, 0.3) is 0 Å². The highest BCUT2D eigenvalue weighted by molar-refractivity contribution is 5.85. The molecule has 0 heterocycles. The third kappa shape index (κ3) is 5.85. The van der Waals surface area contributed by atoms with Gasteiger partial charge in [0.25, 0.3) is 0 Å². The van der Waals surface area contributed by atoms with Crippen LogP contribution in [0.4, 0.5) is 0 Å². The first-order valence-electron chi connectivity index (χ1n) is 3.31. The highest BCUT2D eigenvalue weighted by Gasteiger charge is 2.09. The Morgan fingerprint density at radius 1 is 1.60 bits per heavy atom. The average Bonchev–Trinajstić information content (AvgIpc) is 1.60. The lowest BCUT2D eigenvalue weighted by Gasteiger charge is -2.08. The molecule has 2 N–H and O–H groups in total.